The van der Waals surface area contributed by atoms with E-state index in [1.807, 2.05) is 66.7 Å². The summed E-state index contributed by atoms with van der Waals surface area (Å²) >= 11 is 0. The van der Waals surface area contributed by atoms with Crippen molar-refractivity contribution in [3.8, 4) is 0 Å². The zero-order valence-electron chi connectivity index (χ0n) is 13.9. The molecule has 0 spiro atoms. The normalized spacial score (nSPS) is 13.6. The van der Waals surface area contributed by atoms with E-state index in [1.165, 1.54) is 5.56 Å². The fraction of sp³-hybridized carbons (Fsp3) is 0.182. The molecule has 1 N–H and O–H groups in total. The Morgan fingerprint density at radius 3 is 1.71 bits per heavy atom. The molecule has 0 aliphatic rings. The van der Waals surface area contributed by atoms with Gasteiger partial charge in [0.2, 0.25) is 0 Å². The van der Waals surface area contributed by atoms with Crippen molar-refractivity contribution in [3.63, 3.8) is 0 Å². The highest BCUT2D eigenvalue weighted by Crippen LogP contribution is 2.34. The predicted octanol–water partition coefficient (Wildman–Crippen LogP) is 4.59. The second-order valence-corrected chi connectivity index (χ2v) is 6.11. The summed E-state index contributed by atoms with van der Waals surface area (Å²) in [6.07, 6.45) is -0.581. The summed E-state index contributed by atoms with van der Waals surface area (Å²) in [5.74, 6) is 0. The van der Waals surface area contributed by atoms with Gasteiger partial charge in [-0.15, -0.1) is 0 Å². The molecule has 0 saturated heterocycles. The van der Waals surface area contributed by atoms with Crippen LogP contribution in [0.2, 0.25) is 0 Å². The van der Waals surface area contributed by atoms with Crippen LogP contribution in [0.3, 0.4) is 0 Å². The molecule has 0 heterocycles. The first-order valence-corrected chi connectivity index (χ1v) is 8.28. The Hall–Kier alpha value is -2.42. The molecule has 0 saturated carbocycles. The summed E-state index contributed by atoms with van der Waals surface area (Å²) < 4.78 is 0. The van der Waals surface area contributed by atoms with Gasteiger partial charge in [0.15, 0.2) is 0 Å². The van der Waals surface area contributed by atoms with E-state index < -0.39 is 6.10 Å². The molecule has 2 nitrogen and oxygen atoms in total. The molecule has 0 aliphatic carbocycles. The molecule has 3 aromatic carbocycles. The second kappa shape index (κ2) is 7.91. The third kappa shape index (κ3) is 3.91. The van der Waals surface area contributed by atoms with Gasteiger partial charge in [-0.1, -0.05) is 91.0 Å². The van der Waals surface area contributed by atoms with Gasteiger partial charge in [0, 0.05) is 6.54 Å². The van der Waals surface area contributed by atoms with Gasteiger partial charge >= 0.3 is 0 Å². The third-order valence-electron chi connectivity index (χ3n) is 4.33. The summed E-state index contributed by atoms with van der Waals surface area (Å²) in [6, 6.07) is 30.4. The van der Waals surface area contributed by atoms with Crippen LogP contribution in [0.5, 0.6) is 0 Å². The van der Waals surface area contributed by atoms with E-state index in [0.717, 1.165) is 17.7 Å². The van der Waals surface area contributed by atoms with Crippen LogP contribution in [-0.4, -0.2) is 17.1 Å². The standard InChI is InChI=1S/C22H23NO/c1-23(17-18-11-5-2-6-12-18)21(19-13-7-3-8-14-19)22(24)20-15-9-4-10-16-20/h2-16,21-22,24H,17H2,1H3/t21-,22+/m0/s1. The van der Waals surface area contributed by atoms with E-state index >= 15 is 0 Å². The molecule has 2 heteroatoms. The number of likely N-dealkylation sites (N-methyl/N-ethyl adjacent to an activating group) is 1. The van der Waals surface area contributed by atoms with E-state index in [9.17, 15) is 5.11 Å². The van der Waals surface area contributed by atoms with Gasteiger partial charge in [0.25, 0.3) is 0 Å². The van der Waals surface area contributed by atoms with Crippen LogP contribution in [0, 0.1) is 0 Å². The van der Waals surface area contributed by atoms with Crippen LogP contribution >= 0.6 is 0 Å². The van der Waals surface area contributed by atoms with Crippen molar-refractivity contribution >= 4 is 0 Å². The molecule has 0 amide bonds. The molecule has 24 heavy (non-hydrogen) atoms. The summed E-state index contributed by atoms with van der Waals surface area (Å²) in [7, 11) is 2.07. The number of benzene rings is 3. The molecular weight excluding hydrogens is 294 g/mol. The van der Waals surface area contributed by atoms with E-state index in [2.05, 4.69) is 36.2 Å². The van der Waals surface area contributed by atoms with Gasteiger partial charge in [-0.3, -0.25) is 4.90 Å². The lowest BCUT2D eigenvalue weighted by atomic mass is 9.94. The maximum absolute atomic E-state index is 11.0. The van der Waals surface area contributed by atoms with E-state index in [1.54, 1.807) is 0 Å². The zero-order chi connectivity index (χ0) is 16.8. The first kappa shape index (κ1) is 16.4. The van der Waals surface area contributed by atoms with Crippen molar-refractivity contribution in [2.75, 3.05) is 7.05 Å². The van der Waals surface area contributed by atoms with Crippen molar-refractivity contribution in [2.45, 2.75) is 18.7 Å². The average molecular weight is 317 g/mol. The Morgan fingerprint density at radius 2 is 1.17 bits per heavy atom. The van der Waals surface area contributed by atoms with Crippen LogP contribution in [0.15, 0.2) is 91.0 Å². The Balaban J connectivity index is 1.90. The molecule has 2 atom stereocenters. The van der Waals surface area contributed by atoms with Gasteiger partial charge in [0.05, 0.1) is 12.1 Å². The van der Waals surface area contributed by atoms with Gasteiger partial charge < -0.3 is 5.11 Å². The highest BCUT2D eigenvalue weighted by atomic mass is 16.3. The number of aliphatic hydroxyl groups is 1. The monoisotopic (exact) mass is 317 g/mol. The summed E-state index contributed by atoms with van der Waals surface area (Å²) in [6.45, 7) is 0.782. The quantitative estimate of drug-likeness (QED) is 0.718. The Bertz CT molecular complexity index is 728. The minimum absolute atomic E-state index is 0.103. The molecule has 0 aromatic heterocycles. The number of hydrogen-bond acceptors (Lipinski definition) is 2. The topological polar surface area (TPSA) is 23.5 Å². The van der Waals surface area contributed by atoms with Crippen molar-refractivity contribution in [1.29, 1.82) is 0 Å². The van der Waals surface area contributed by atoms with Crippen LogP contribution in [0.1, 0.15) is 28.8 Å². The largest absolute Gasteiger partial charge is 0.386 e. The summed E-state index contributed by atoms with van der Waals surface area (Å²) in [5, 5.41) is 11.0. The molecule has 0 bridgehead atoms. The Labute approximate surface area is 144 Å². The fourth-order valence-electron chi connectivity index (χ4n) is 3.13. The number of aliphatic hydroxyl groups excluding tert-OH is 1. The number of rotatable bonds is 6. The van der Waals surface area contributed by atoms with Gasteiger partial charge in [-0.2, -0.15) is 0 Å². The van der Waals surface area contributed by atoms with Crippen LogP contribution in [0.25, 0.3) is 0 Å². The van der Waals surface area contributed by atoms with Crippen LogP contribution in [-0.2, 0) is 6.54 Å². The second-order valence-electron chi connectivity index (χ2n) is 6.11. The molecule has 3 aromatic rings. The molecular formula is C22H23NO. The van der Waals surface area contributed by atoms with Crippen molar-refractivity contribution in [2.24, 2.45) is 0 Å². The zero-order valence-corrected chi connectivity index (χ0v) is 13.9. The molecule has 3 rings (SSSR count). The van der Waals surface area contributed by atoms with Crippen LogP contribution < -0.4 is 0 Å². The van der Waals surface area contributed by atoms with E-state index in [4.69, 9.17) is 0 Å². The smallest absolute Gasteiger partial charge is 0.0986 e. The van der Waals surface area contributed by atoms with Crippen molar-refractivity contribution < 1.29 is 5.11 Å². The highest BCUT2D eigenvalue weighted by Gasteiger charge is 2.26. The Kier molecular flexibility index (Phi) is 5.42. The van der Waals surface area contributed by atoms with Gasteiger partial charge in [-0.25, -0.2) is 0 Å². The summed E-state index contributed by atoms with van der Waals surface area (Å²) in [4.78, 5) is 2.21. The maximum atomic E-state index is 11.0. The lowest BCUT2D eigenvalue weighted by molar-refractivity contribution is 0.0579. The number of nitrogens with zero attached hydrogens (tertiary/aromatic N) is 1. The predicted molar refractivity (Wildman–Crippen MR) is 98.5 cm³/mol. The lowest BCUT2D eigenvalue weighted by Crippen LogP contribution is -2.29. The van der Waals surface area contributed by atoms with Crippen LogP contribution in [0.4, 0.5) is 0 Å². The van der Waals surface area contributed by atoms with Gasteiger partial charge in [-0.05, 0) is 23.7 Å². The molecule has 0 radical (unpaired) electrons. The minimum Gasteiger partial charge on any atom is -0.386 e. The minimum atomic E-state index is -0.581. The number of hydrogen-bond donors (Lipinski definition) is 1. The maximum Gasteiger partial charge on any atom is 0.0986 e. The van der Waals surface area contributed by atoms with E-state index in [-0.39, 0.29) is 6.04 Å². The van der Waals surface area contributed by atoms with Crippen molar-refractivity contribution in [1.82, 2.24) is 4.90 Å². The molecule has 122 valence electrons. The van der Waals surface area contributed by atoms with E-state index in [0.29, 0.717) is 0 Å². The SMILES string of the molecule is CN(Cc1ccccc1)[C@@H](c1ccccc1)[C@H](O)c1ccccc1. The average Bonchev–Trinajstić information content (AvgIpc) is 2.64. The first-order chi connectivity index (χ1) is 11.8. The first-order valence-electron chi connectivity index (χ1n) is 8.28. The van der Waals surface area contributed by atoms with Gasteiger partial charge in [0.1, 0.15) is 0 Å². The molecule has 0 aliphatic heterocycles. The summed E-state index contributed by atoms with van der Waals surface area (Å²) in [5.41, 5.74) is 3.29. The molecule has 0 unspecified atom stereocenters. The lowest BCUT2D eigenvalue weighted by Gasteiger charge is -2.32. The fourth-order valence-corrected chi connectivity index (χ4v) is 3.13. The Morgan fingerprint density at radius 1 is 0.708 bits per heavy atom. The molecule has 0 fully saturated rings. The third-order valence-corrected chi connectivity index (χ3v) is 4.33. The highest BCUT2D eigenvalue weighted by molar-refractivity contribution is 5.27. The van der Waals surface area contributed by atoms with Crippen molar-refractivity contribution in [3.05, 3.63) is 108 Å².